The molecule has 1 amide bonds. The first-order chi connectivity index (χ1) is 18.2. The maximum Gasteiger partial charge on any atom is 0.433 e. The van der Waals surface area contributed by atoms with Crippen LogP contribution in [0.15, 0.2) is 44.7 Å². The summed E-state index contributed by atoms with van der Waals surface area (Å²) in [6, 6.07) is 6.77. The number of nitrogens with zero attached hydrogens (tertiary/aromatic N) is 4. The molecule has 0 aliphatic rings. The topological polar surface area (TPSA) is 142 Å². The Hall–Kier alpha value is -4.30. The lowest BCUT2D eigenvalue weighted by molar-refractivity contribution is -0.140. The molecule has 10 nitrogen and oxygen atoms in total. The molecule has 5 rings (SSSR count). The molecule has 38 heavy (non-hydrogen) atoms. The van der Waals surface area contributed by atoms with Gasteiger partial charge in [-0.25, -0.2) is 15.0 Å². The van der Waals surface area contributed by atoms with Crippen LogP contribution in [0.1, 0.15) is 32.6 Å². The monoisotopic (exact) mass is 544 g/mol. The average Bonchev–Trinajstić information content (AvgIpc) is 3.65. The molecule has 196 valence electrons. The summed E-state index contributed by atoms with van der Waals surface area (Å²) >= 11 is 1.47. The summed E-state index contributed by atoms with van der Waals surface area (Å²) < 4.78 is 56.0. The van der Waals surface area contributed by atoms with Crippen molar-refractivity contribution in [3.63, 3.8) is 0 Å². The number of fused-ring (bicyclic) bond motifs is 1. The molecule has 0 unspecified atom stereocenters. The number of aromatic nitrogens is 4. The van der Waals surface area contributed by atoms with Crippen molar-refractivity contribution in [1.29, 1.82) is 0 Å². The van der Waals surface area contributed by atoms with Crippen molar-refractivity contribution in [2.45, 2.75) is 26.2 Å². The van der Waals surface area contributed by atoms with Crippen LogP contribution >= 0.6 is 11.3 Å². The summed E-state index contributed by atoms with van der Waals surface area (Å²) in [6.45, 7) is 1.77. The van der Waals surface area contributed by atoms with Crippen LogP contribution in [0.2, 0.25) is 0 Å². The fourth-order valence-electron chi connectivity index (χ4n) is 3.73. The van der Waals surface area contributed by atoms with E-state index in [0.717, 1.165) is 11.1 Å². The Kier molecular flexibility index (Phi) is 6.59. The molecule has 0 bridgehead atoms. The van der Waals surface area contributed by atoms with Gasteiger partial charge in [0.15, 0.2) is 17.2 Å². The van der Waals surface area contributed by atoms with E-state index in [9.17, 15) is 18.0 Å². The summed E-state index contributed by atoms with van der Waals surface area (Å²) in [5.41, 5.74) is 6.03. The third-order valence-corrected chi connectivity index (χ3v) is 6.29. The van der Waals surface area contributed by atoms with Crippen LogP contribution in [0, 0.1) is 6.92 Å². The van der Waals surface area contributed by atoms with Gasteiger partial charge in [-0.2, -0.15) is 13.2 Å². The number of halogens is 3. The number of aryl methyl sites for hydroxylation is 1. The zero-order valence-electron chi connectivity index (χ0n) is 19.9. The van der Waals surface area contributed by atoms with Gasteiger partial charge in [-0.15, -0.1) is 11.3 Å². The number of carbonyl (C=O) groups excluding carboxylic acids is 1. The van der Waals surface area contributed by atoms with Crippen LogP contribution in [0.25, 0.3) is 33.8 Å². The van der Waals surface area contributed by atoms with E-state index in [1.165, 1.54) is 30.6 Å². The lowest BCUT2D eigenvalue weighted by Crippen LogP contribution is -2.24. The van der Waals surface area contributed by atoms with Gasteiger partial charge < -0.3 is 24.7 Å². The molecule has 4 aromatic heterocycles. The third kappa shape index (κ3) is 4.82. The number of methoxy groups -OCH3 is 1. The van der Waals surface area contributed by atoms with Gasteiger partial charge in [0.05, 0.1) is 25.2 Å². The number of hydrogen-bond acceptors (Lipinski definition) is 10. The van der Waals surface area contributed by atoms with Crippen LogP contribution in [0.5, 0.6) is 5.75 Å². The first-order valence-electron chi connectivity index (χ1n) is 11.1. The molecule has 1 aromatic carbocycles. The quantitative estimate of drug-likeness (QED) is 0.297. The summed E-state index contributed by atoms with van der Waals surface area (Å²) in [6.07, 6.45) is -4.64. The Morgan fingerprint density at radius 3 is 2.68 bits per heavy atom. The van der Waals surface area contributed by atoms with Crippen molar-refractivity contribution in [2.75, 3.05) is 7.11 Å². The van der Waals surface area contributed by atoms with E-state index < -0.39 is 17.8 Å². The molecular formula is C24H19F3N6O4S. The number of oxazole rings is 1. The number of rotatable bonds is 7. The number of carbonyl (C=O) groups is 1. The minimum atomic E-state index is -4.64. The molecule has 0 saturated carbocycles. The summed E-state index contributed by atoms with van der Waals surface area (Å²) in [5.74, 6) is 0.120. The van der Waals surface area contributed by atoms with E-state index in [1.54, 1.807) is 12.1 Å². The zero-order valence-corrected chi connectivity index (χ0v) is 20.7. The fourth-order valence-corrected chi connectivity index (χ4v) is 4.33. The molecule has 0 atom stereocenters. The fraction of sp³-hybridized carbons (Fsp3) is 0.208. The molecule has 0 aliphatic carbocycles. The van der Waals surface area contributed by atoms with Gasteiger partial charge in [0, 0.05) is 22.4 Å². The first kappa shape index (κ1) is 25.4. The van der Waals surface area contributed by atoms with Crippen LogP contribution in [0.3, 0.4) is 0 Å². The highest BCUT2D eigenvalue weighted by atomic mass is 32.1. The van der Waals surface area contributed by atoms with Gasteiger partial charge in [-0.3, -0.25) is 4.79 Å². The number of alkyl halides is 3. The summed E-state index contributed by atoms with van der Waals surface area (Å²) in [7, 11) is 1.33. The normalized spacial score (nSPS) is 11.7. The SMILES string of the molecule is COc1ccc(-c2nc(C(=O)NCc3cc(-c4csc(C)n4)on3)c(CN)o2)c2ccc(C(F)(F)F)nc12. The van der Waals surface area contributed by atoms with Crippen molar-refractivity contribution in [3.05, 3.63) is 63.6 Å². The second kappa shape index (κ2) is 9.87. The third-order valence-electron chi connectivity index (χ3n) is 5.52. The summed E-state index contributed by atoms with van der Waals surface area (Å²) in [5, 5.41) is 9.64. The second-order valence-electron chi connectivity index (χ2n) is 8.02. The number of amides is 1. The molecule has 5 aromatic rings. The van der Waals surface area contributed by atoms with Crippen molar-refractivity contribution < 1.29 is 31.6 Å². The number of ether oxygens (including phenoxy) is 1. The molecule has 4 heterocycles. The number of thiazole rings is 1. The molecule has 0 fully saturated rings. The van der Waals surface area contributed by atoms with Gasteiger partial charge in [0.2, 0.25) is 5.89 Å². The Bertz CT molecular complexity index is 1640. The summed E-state index contributed by atoms with van der Waals surface area (Å²) in [4.78, 5) is 25.3. The van der Waals surface area contributed by atoms with E-state index >= 15 is 0 Å². The van der Waals surface area contributed by atoms with Crippen LogP contribution in [0.4, 0.5) is 13.2 Å². The lowest BCUT2D eigenvalue weighted by Gasteiger charge is -2.11. The first-order valence-corrected chi connectivity index (χ1v) is 12.0. The highest BCUT2D eigenvalue weighted by Crippen LogP contribution is 2.37. The van der Waals surface area contributed by atoms with E-state index in [-0.39, 0.29) is 41.7 Å². The molecular weight excluding hydrogens is 525 g/mol. The zero-order chi connectivity index (χ0) is 27.0. The number of nitrogens with two attached hydrogens (primary N) is 1. The highest BCUT2D eigenvalue weighted by molar-refractivity contribution is 7.09. The Balaban J connectivity index is 1.42. The predicted molar refractivity (Wildman–Crippen MR) is 130 cm³/mol. The maximum atomic E-state index is 13.2. The van der Waals surface area contributed by atoms with Crippen LogP contribution in [-0.2, 0) is 19.3 Å². The molecule has 0 aliphatic heterocycles. The predicted octanol–water partition coefficient (Wildman–Crippen LogP) is 4.73. The highest BCUT2D eigenvalue weighted by Gasteiger charge is 2.33. The molecule has 14 heteroatoms. The van der Waals surface area contributed by atoms with E-state index in [4.69, 9.17) is 19.4 Å². The average molecular weight is 545 g/mol. The largest absolute Gasteiger partial charge is 0.494 e. The minimum Gasteiger partial charge on any atom is -0.494 e. The number of hydrogen-bond donors (Lipinski definition) is 2. The lowest BCUT2D eigenvalue weighted by atomic mass is 10.1. The number of nitrogens with one attached hydrogen (secondary N) is 1. The van der Waals surface area contributed by atoms with Crippen molar-refractivity contribution >= 4 is 28.1 Å². The van der Waals surface area contributed by atoms with Gasteiger partial charge in [-0.05, 0) is 31.2 Å². The Morgan fingerprint density at radius 2 is 2.00 bits per heavy atom. The maximum absolute atomic E-state index is 13.2. The molecule has 0 saturated heterocycles. The number of pyridine rings is 1. The molecule has 3 N–H and O–H groups in total. The second-order valence-corrected chi connectivity index (χ2v) is 9.08. The smallest absolute Gasteiger partial charge is 0.433 e. The van der Waals surface area contributed by atoms with Crippen molar-refractivity contribution in [3.8, 4) is 28.7 Å². The van der Waals surface area contributed by atoms with Crippen LogP contribution in [-0.4, -0.2) is 33.1 Å². The Morgan fingerprint density at radius 1 is 1.18 bits per heavy atom. The van der Waals surface area contributed by atoms with E-state index in [1.807, 2.05) is 12.3 Å². The van der Waals surface area contributed by atoms with E-state index in [0.29, 0.717) is 28.1 Å². The number of benzene rings is 1. The standard InChI is InChI=1S/C24H19F3N6O4S/c1-11-30-15(10-38-11)17-7-12(33-37-17)9-29-22(34)21-18(8-28)36-23(32-21)14-3-5-16(35-2)20-13(14)4-6-19(31-20)24(25,26)27/h3-7,10H,8-9,28H2,1-2H3,(H,29,34). The minimum absolute atomic E-state index is 0.00700. The van der Waals surface area contributed by atoms with Gasteiger partial charge in [0.1, 0.15) is 28.3 Å². The van der Waals surface area contributed by atoms with Gasteiger partial charge in [0.25, 0.3) is 5.91 Å². The molecule has 0 spiro atoms. The van der Waals surface area contributed by atoms with Crippen molar-refractivity contribution in [2.24, 2.45) is 5.73 Å². The van der Waals surface area contributed by atoms with E-state index in [2.05, 4.69) is 25.4 Å². The van der Waals surface area contributed by atoms with Crippen LogP contribution < -0.4 is 15.8 Å². The Labute approximate surface area is 216 Å². The van der Waals surface area contributed by atoms with Gasteiger partial charge >= 0.3 is 6.18 Å². The van der Waals surface area contributed by atoms with Crippen molar-refractivity contribution in [1.82, 2.24) is 25.4 Å². The van der Waals surface area contributed by atoms with Gasteiger partial charge in [-0.1, -0.05) is 5.16 Å². The molecule has 0 radical (unpaired) electrons.